The molecule has 0 aromatic rings. The molecule has 1 unspecified atom stereocenters. The summed E-state index contributed by atoms with van der Waals surface area (Å²) in [6.07, 6.45) is 1.84. The molecule has 0 aromatic carbocycles. The van der Waals surface area contributed by atoms with Gasteiger partial charge in [-0.05, 0) is 6.42 Å². The summed E-state index contributed by atoms with van der Waals surface area (Å²) in [5.41, 5.74) is -1.08. The third-order valence-electron chi connectivity index (χ3n) is 2.47. The Labute approximate surface area is 89.4 Å². The molecule has 6 heteroatoms. The van der Waals surface area contributed by atoms with Gasteiger partial charge in [0.2, 0.25) is 0 Å². The van der Waals surface area contributed by atoms with Crippen molar-refractivity contribution in [3.63, 3.8) is 0 Å². The number of nitrogens with one attached hydrogen (secondary N) is 1. The Hall–Kier alpha value is -0.880. The Morgan fingerprint density at radius 2 is 2.33 bits per heavy atom. The van der Waals surface area contributed by atoms with Crippen molar-refractivity contribution < 1.29 is 17.9 Å². The highest BCUT2D eigenvalue weighted by Crippen LogP contribution is 2.24. The first-order valence-electron chi connectivity index (χ1n) is 4.60. The fourth-order valence-corrected chi connectivity index (χ4v) is 3.60. The Morgan fingerprint density at radius 1 is 1.67 bits per heavy atom. The number of carbonyl (C=O) groups excluding carboxylic acids is 1. The summed E-state index contributed by atoms with van der Waals surface area (Å²) in [6.45, 7) is 3.89. The van der Waals surface area contributed by atoms with Gasteiger partial charge in [-0.3, -0.25) is 10.1 Å². The first-order valence-corrected chi connectivity index (χ1v) is 6.43. The van der Waals surface area contributed by atoms with Crippen LogP contribution in [-0.4, -0.2) is 45.1 Å². The first kappa shape index (κ1) is 12.2. The van der Waals surface area contributed by atoms with Gasteiger partial charge in [0.25, 0.3) is 0 Å². The van der Waals surface area contributed by atoms with Crippen molar-refractivity contribution in [2.24, 2.45) is 0 Å². The van der Waals surface area contributed by atoms with E-state index in [1.54, 1.807) is 6.08 Å². The number of esters is 1. The molecule has 5 nitrogen and oxygen atoms in total. The van der Waals surface area contributed by atoms with Crippen LogP contribution in [0.4, 0.5) is 0 Å². The van der Waals surface area contributed by atoms with Crippen LogP contribution in [0, 0.1) is 0 Å². The molecule has 0 amide bonds. The molecule has 0 aromatic heterocycles. The van der Waals surface area contributed by atoms with Gasteiger partial charge in [0.1, 0.15) is 5.54 Å². The van der Waals surface area contributed by atoms with Crippen LogP contribution in [-0.2, 0) is 19.4 Å². The molecule has 15 heavy (non-hydrogen) atoms. The van der Waals surface area contributed by atoms with E-state index in [1.807, 2.05) is 0 Å². The van der Waals surface area contributed by atoms with Crippen LogP contribution in [0.1, 0.15) is 6.42 Å². The van der Waals surface area contributed by atoms with E-state index in [0.29, 0.717) is 6.54 Å². The summed E-state index contributed by atoms with van der Waals surface area (Å²) in [6, 6.07) is 0. The second kappa shape index (κ2) is 4.32. The maximum Gasteiger partial charge on any atom is 0.327 e. The molecular formula is C9H15NO4S. The van der Waals surface area contributed by atoms with Crippen molar-refractivity contribution in [2.75, 3.05) is 25.2 Å². The molecular weight excluding hydrogens is 218 g/mol. The smallest absolute Gasteiger partial charge is 0.327 e. The van der Waals surface area contributed by atoms with E-state index >= 15 is 0 Å². The molecule has 1 N–H and O–H groups in total. The average molecular weight is 233 g/mol. The minimum Gasteiger partial charge on any atom is -0.468 e. The molecule has 0 saturated carbocycles. The highest BCUT2D eigenvalue weighted by atomic mass is 32.2. The lowest BCUT2D eigenvalue weighted by atomic mass is 9.99. The van der Waals surface area contributed by atoms with Gasteiger partial charge < -0.3 is 4.74 Å². The zero-order valence-electron chi connectivity index (χ0n) is 8.65. The number of sulfone groups is 1. The number of hydrogen-bond acceptors (Lipinski definition) is 5. The molecule has 0 bridgehead atoms. The Bertz CT molecular complexity index is 362. The predicted octanol–water partition coefficient (Wildman–Crippen LogP) is -0.508. The van der Waals surface area contributed by atoms with E-state index in [9.17, 15) is 13.2 Å². The van der Waals surface area contributed by atoms with E-state index < -0.39 is 21.3 Å². The minimum atomic E-state index is -3.14. The van der Waals surface area contributed by atoms with Crippen LogP contribution >= 0.6 is 0 Å². The van der Waals surface area contributed by atoms with E-state index in [4.69, 9.17) is 0 Å². The van der Waals surface area contributed by atoms with E-state index in [1.165, 1.54) is 7.11 Å². The molecule has 1 atom stereocenters. The van der Waals surface area contributed by atoms with Crippen LogP contribution in [0.15, 0.2) is 12.7 Å². The predicted molar refractivity (Wildman–Crippen MR) is 56.2 cm³/mol. The van der Waals surface area contributed by atoms with Crippen molar-refractivity contribution in [1.82, 2.24) is 5.32 Å². The van der Waals surface area contributed by atoms with Crippen molar-refractivity contribution in [3.05, 3.63) is 12.7 Å². The second-order valence-electron chi connectivity index (χ2n) is 3.59. The molecule has 1 fully saturated rings. The molecule has 1 rings (SSSR count). The van der Waals surface area contributed by atoms with Crippen molar-refractivity contribution in [1.29, 1.82) is 0 Å². The monoisotopic (exact) mass is 233 g/mol. The van der Waals surface area contributed by atoms with Gasteiger partial charge in [-0.25, -0.2) is 8.42 Å². The summed E-state index contributed by atoms with van der Waals surface area (Å²) in [5, 5.41) is 2.88. The molecule has 0 spiro atoms. The normalized spacial score (nSPS) is 28.6. The third-order valence-corrected chi connectivity index (χ3v) is 4.23. The second-order valence-corrected chi connectivity index (χ2v) is 5.77. The van der Waals surface area contributed by atoms with Gasteiger partial charge in [-0.15, -0.1) is 6.58 Å². The molecule has 1 aliphatic heterocycles. The lowest BCUT2D eigenvalue weighted by Gasteiger charge is -2.25. The molecule has 0 radical (unpaired) electrons. The number of ether oxygens (including phenoxy) is 1. The maximum atomic E-state index is 11.5. The summed E-state index contributed by atoms with van der Waals surface area (Å²) < 4.78 is 27.3. The van der Waals surface area contributed by atoms with Gasteiger partial charge in [0.15, 0.2) is 9.84 Å². The van der Waals surface area contributed by atoms with Crippen LogP contribution in [0.25, 0.3) is 0 Å². The highest BCUT2D eigenvalue weighted by Gasteiger charge is 2.48. The Kier molecular flexibility index (Phi) is 3.51. The number of carbonyl (C=O) groups is 1. The largest absolute Gasteiger partial charge is 0.468 e. The van der Waals surface area contributed by atoms with Crippen molar-refractivity contribution >= 4 is 15.8 Å². The van der Waals surface area contributed by atoms with Gasteiger partial charge in [-0.2, -0.15) is 0 Å². The van der Waals surface area contributed by atoms with Crippen molar-refractivity contribution in [3.8, 4) is 0 Å². The Balaban J connectivity index is 2.89. The highest BCUT2D eigenvalue weighted by molar-refractivity contribution is 7.91. The molecule has 1 heterocycles. The van der Waals surface area contributed by atoms with E-state index in [0.717, 1.165) is 0 Å². The van der Waals surface area contributed by atoms with E-state index in [2.05, 4.69) is 16.6 Å². The molecule has 86 valence electrons. The zero-order chi connectivity index (χ0) is 11.5. The molecule has 0 aliphatic carbocycles. The minimum absolute atomic E-state index is 0.0201. The third kappa shape index (κ3) is 2.57. The van der Waals surface area contributed by atoms with E-state index in [-0.39, 0.29) is 17.9 Å². The fourth-order valence-electron chi connectivity index (χ4n) is 1.68. The van der Waals surface area contributed by atoms with Crippen LogP contribution in [0.5, 0.6) is 0 Å². The maximum absolute atomic E-state index is 11.5. The standard InChI is InChI=1S/C9H15NO4S/c1-3-5-10-9(8(11)14-2)4-6-15(12,13)7-9/h3,10H,1,4-7H2,2H3. The topological polar surface area (TPSA) is 72.5 Å². The van der Waals surface area contributed by atoms with Crippen LogP contribution in [0.3, 0.4) is 0 Å². The van der Waals surface area contributed by atoms with Crippen LogP contribution < -0.4 is 5.32 Å². The first-order chi connectivity index (χ1) is 6.96. The summed E-state index contributed by atoms with van der Waals surface area (Å²) >= 11 is 0. The number of rotatable bonds is 4. The van der Waals surface area contributed by atoms with Crippen LogP contribution in [0.2, 0.25) is 0 Å². The van der Waals surface area contributed by atoms with Gasteiger partial charge >= 0.3 is 5.97 Å². The number of methoxy groups -OCH3 is 1. The van der Waals surface area contributed by atoms with Gasteiger partial charge in [-0.1, -0.05) is 6.08 Å². The summed E-state index contributed by atoms with van der Waals surface area (Å²) in [5.74, 6) is -0.697. The Morgan fingerprint density at radius 3 is 2.73 bits per heavy atom. The summed E-state index contributed by atoms with van der Waals surface area (Å²) in [7, 11) is -1.88. The lowest BCUT2D eigenvalue weighted by molar-refractivity contribution is -0.147. The molecule has 1 aliphatic rings. The van der Waals surface area contributed by atoms with Gasteiger partial charge in [0, 0.05) is 6.54 Å². The SMILES string of the molecule is C=CCNC1(C(=O)OC)CCS(=O)(=O)C1. The van der Waals surface area contributed by atoms with Gasteiger partial charge in [0.05, 0.1) is 18.6 Å². The quantitative estimate of drug-likeness (QED) is 0.523. The zero-order valence-corrected chi connectivity index (χ0v) is 9.47. The van der Waals surface area contributed by atoms with Crippen molar-refractivity contribution in [2.45, 2.75) is 12.0 Å². The lowest BCUT2D eigenvalue weighted by Crippen LogP contribution is -2.53. The number of hydrogen-bond donors (Lipinski definition) is 1. The fraction of sp³-hybridized carbons (Fsp3) is 0.667. The molecule has 1 saturated heterocycles. The average Bonchev–Trinajstić information content (AvgIpc) is 2.51. The summed E-state index contributed by atoms with van der Waals surface area (Å²) in [4.78, 5) is 11.5.